The fraction of sp³-hybridized carbons (Fsp3) is 0.500. The normalized spacial score (nSPS) is 10.0. The van der Waals surface area contributed by atoms with E-state index in [-0.39, 0.29) is 56.1 Å². The molecule has 6 nitrogen and oxygen atoms in total. The van der Waals surface area contributed by atoms with Gasteiger partial charge in [-0.15, -0.1) is 0 Å². The van der Waals surface area contributed by atoms with Crippen molar-refractivity contribution in [3.05, 3.63) is 0 Å². The van der Waals surface area contributed by atoms with Gasteiger partial charge in [0.1, 0.15) is 0 Å². The molecule has 0 unspecified atom stereocenters. The molecular weight excluding hydrogens is 212 g/mol. The number of nitrogens with zero attached hydrogens (tertiary/aromatic N) is 1. The summed E-state index contributed by atoms with van der Waals surface area (Å²) in [7, 11) is -4.75. The van der Waals surface area contributed by atoms with Gasteiger partial charge in [0.15, 0.2) is 0 Å². The van der Waals surface area contributed by atoms with E-state index in [1.165, 1.54) is 0 Å². The van der Waals surface area contributed by atoms with Crippen LogP contribution in [0.2, 0.25) is 0 Å². The van der Waals surface area contributed by atoms with Crippen LogP contribution in [0, 0.1) is 0 Å². The fourth-order valence-electron chi connectivity index (χ4n) is 0.589. The molecule has 0 aliphatic carbocycles. The number of amides is 2. The standard InChI is InChI=1S/C4H8NO5P.K.H/c1-3(6)5(4(2)7)11(8,9)10;;/h1-2H3,(H2,8,9,10);;. The van der Waals surface area contributed by atoms with Crippen LogP contribution in [-0.2, 0) is 14.2 Å². The average Bonchev–Trinajstić information content (AvgIpc) is 1.54. The SMILES string of the molecule is CC(=O)N(C(C)=O)P(=O)(O)O.[KH]. The Hall–Kier alpha value is 0.926. The number of carbonyl (C=O) groups is 2. The minimum absolute atomic E-state index is 0. The van der Waals surface area contributed by atoms with Gasteiger partial charge >= 0.3 is 59.1 Å². The molecule has 0 fully saturated rings. The number of rotatable bonds is 1. The molecule has 0 aliphatic rings. The van der Waals surface area contributed by atoms with Gasteiger partial charge in [0, 0.05) is 13.8 Å². The van der Waals surface area contributed by atoms with E-state index < -0.39 is 19.6 Å². The molecule has 0 atom stereocenters. The van der Waals surface area contributed by atoms with Crippen molar-refractivity contribution in [2.24, 2.45) is 0 Å². The van der Waals surface area contributed by atoms with Crippen molar-refractivity contribution in [1.29, 1.82) is 0 Å². The molecule has 0 aliphatic heterocycles. The third-order valence-corrected chi connectivity index (χ3v) is 1.94. The van der Waals surface area contributed by atoms with E-state index in [0.29, 0.717) is 0 Å². The summed E-state index contributed by atoms with van der Waals surface area (Å²) in [4.78, 5) is 37.7. The van der Waals surface area contributed by atoms with Crippen molar-refractivity contribution in [2.75, 3.05) is 0 Å². The third-order valence-electron chi connectivity index (χ3n) is 0.857. The average molecular weight is 221 g/mol. The summed E-state index contributed by atoms with van der Waals surface area (Å²) >= 11 is 0. The first kappa shape index (κ1) is 15.4. The molecule has 8 heteroatoms. The van der Waals surface area contributed by atoms with Crippen LogP contribution in [0.4, 0.5) is 0 Å². The maximum atomic E-state index is 10.4. The van der Waals surface area contributed by atoms with Crippen molar-refractivity contribution < 1.29 is 23.9 Å². The van der Waals surface area contributed by atoms with Crippen LogP contribution in [0.1, 0.15) is 13.8 Å². The number of carbonyl (C=O) groups excluding carboxylic acids is 2. The monoisotopic (exact) mass is 221 g/mol. The summed E-state index contributed by atoms with van der Waals surface area (Å²) in [6.45, 7) is 1.81. The predicted octanol–water partition coefficient (Wildman–Crippen LogP) is -1.17. The minimum atomic E-state index is -4.75. The Bertz CT molecular complexity index is 222. The first-order valence-corrected chi connectivity index (χ1v) is 4.20. The van der Waals surface area contributed by atoms with Crippen LogP contribution in [0.5, 0.6) is 0 Å². The molecule has 0 saturated heterocycles. The van der Waals surface area contributed by atoms with E-state index in [4.69, 9.17) is 9.79 Å². The zero-order valence-electron chi connectivity index (χ0n) is 6.01. The Labute approximate surface area is 112 Å². The number of imide groups is 1. The first-order chi connectivity index (χ1) is 4.76. The topological polar surface area (TPSA) is 94.9 Å². The molecule has 0 heterocycles. The fourth-order valence-corrected chi connectivity index (χ4v) is 1.32. The molecule has 2 N–H and O–H groups in total. The molecule has 66 valence electrons. The summed E-state index contributed by atoms with van der Waals surface area (Å²) in [5, 5.41) is 0. The third kappa shape index (κ3) is 4.83. The van der Waals surface area contributed by atoms with Crippen LogP contribution in [0.25, 0.3) is 0 Å². The molecular formula is C4H9KNO5P. The second kappa shape index (κ2) is 5.61. The maximum absolute atomic E-state index is 10.4. The second-order valence-electron chi connectivity index (χ2n) is 1.86. The molecule has 0 aromatic carbocycles. The van der Waals surface area contributed by atoms with Crippen LogP contribution in [0.3, 0.4) is 0 Å². The number of hydrogen-bond donors (Lipinski definition) is 2. The Kier molecular flexibility index (Phi) is 7.20. The van der Waals surface area contributed by atoms with Gasteiger partial charge in [0.2, 0.25) is 11.8 Å². The molecule has 0 bridgehead atoms. The van der Waals surface area contributed by atoms with E-state index in [1.807, 2.05) is 0 Å². The molecule has 12 heavy (non-hydrogen) atoms. The molecule has 2 amide bonds. The van der Waals surface area contributed by atoms with Crippen molar-refractivity contribution in [1.82, 2.24) is 4.67 Å². The van der Waals surface area contributed by atoms with Crippen LogP contribution in [0.15, 0.2) is 0 Å². The van der Waals surface area contributed by atoms with Crippen molar-refractivity contribution in [3.8, 4) is 0 Å². The van der Waals surface area contributed by atoms with E-state index in [2.05, 4.69) is 0 Å². The van der Waals surface area contributed by atoms with Gasteiger partial charge in [-0.05, 0) is 0 Å². The number of hydrogen-bond acceptors (Lipinski definition) is 3. The molecule has 0 spiro atoms. The quantitative estimate of drug-likeness (QED) is 0.429. The van der Waals surface area contributed by atoms with Gasteiger partial charge in [-0.2, -0.15) is 4.67 Å². The van der Waals surface area contributed by atoms with Gasteiger partial charge in [0.05, 0.1) is 0 Å². The Morgan fingerprint density at radius 1 is 1.17 bits per heavy atom. The van der Waals surface area contributed by atoms with E-state index in [9.17, 15) is 14.2 Å². The summed E-state index contributed by atoms with van der Waals surface area (Å²) in [5.74, 6) is -1.93. The predicted molar refractivity (Wildman–Crippen MR) is 42.4 cm³/mol. The summed E-state index contributed by atoms with van der Waals surface area (Å²) in [6, 6.07) is 0. The van der Waals surface area contributed by atoms with Gasteiger partial charge in [-0.25, -0.2) is 4.57 Å². The van der Waals surface area contributed by atoms with Gasteiger partial charge in [-0.1, -0.05) is 0 Å². The van der Waals surface area contributed by atoms with E-state index in [1.54, 1.807) is 0 Å². The Morgan fingerprint density at radius 2 is 1.42 bits per heavy atom. The summed E-state index contributed by atoms with van der Waals surface area (Å²) in [5.41, 5.74) is 0. The van der Waals surface area contributed by atoms with Crippen LogP contribution < -0.4 is 0 Å². The van der Waals surface area contributed by atoms with Crippen molar-refractivity contribution in [2.45, 2.75) is 13.8 Å². The van der Waals surface area contributed by atoms with Crippen LogP contribution in [-0.4, -0.2) is 77.7 Å². The zero-order chi connectivity index (χ0) is 9.23. The first-order valence-electron chi connectivity index (χ1n) is 2.64. The van der Waals surface area contributed by atoms with E-state index >= 15 is 0 Å². The molecule has 0 radical (unpaired) electrons. The molecule has 0 rings (SSSR count). The van der Waals surface area contributed by atoms with Gasteiger partial charge in [0.25, 0.3) is 0 Å². The molecule has 0 saturated carbocycles. The van der Waals surface area contributed by atoms with E-state index in [0.717, 1.165) is 13.8 Å². The second-order valence-corrected chi connectivity index (χ2v) is 3.29. The molecule has 0 aromatic heterocycles. The zero-order valence-corrected chi connectivity index (χ0v) is 6.91. The Morgan fingerprint density at radius 3 is 1.42 bits per heavy atom. The summed E-state index contributed by atoms with van der Waals surface area (Å²) < 4.78 is 10.3. The van der Waals surface area contributed by atoms with Crippen molar-refractivity contribution >= 4 is 70.9 Å². The molecule has 0 aromatic rings. The Balaban J connectivity index is 0. The van der Waals surface area contributed by atoms with Gasteiger partial charge in [-0.3, -0.25) is 9.59 Å². The summed E-state index contributed by atoms with van der Waals surface area (Å²) in [6.07, 6.45) is 0. The van der Waals surface area contributed by atoms with Crippen LogP contribution >= 0.6 is 7.75 Å². The van der Waals surface area contributed by atoms with Crippen molar-refractivity contribution in [3.63, 3.8) is 0 Å². The van der Waals surface area contributed by atoms with Gasteiger partial charge < -0.3 is 9.79 Å².